The maximum atomic E-state index is 12.1. The number of hydrogen-bond donors (Lipinski definition) is 2. The zero-order valence-electron chi connectivity index (χ0n) is 13.6. The van der Waals surface area contributed by atoms with Crippen molar-refractivity contribution in [1.82, 2.24) is 10.6 Å². The van der Waals surface area contributed by atoms with Crippen LogP contribution in [0.3, 0.4) is 0 Å². The van der Waals surface area contributed by atoms with Gasteiger partial charge in [-0.1, -0.05) is 6.07 Å². The van der Waals surface area contributed by atoms with Gasteiger partial charge in [-0.25, -0.2) is 9.59 Å². The number of methoxy groups -OCH3 is 1. The summed E-state index contributed by atoms with van der Waals surface area (Å²) >= 11 is 0. The SMILES string of the molecule is COC(=O)C1=C(C)NC(=O)N[C@@H]1c1ccc2c(c1)CC(C)(C)O2. The van der Waals surface area contributed by atoms with Crippen molar-refractivity contribution in [1.29, 1.82) is 0 Å². The quantitative estimate of drug-likeness (QED) is 0.820. The lowest BCUT2D eigenvalue weighted by atomic mass is 9.92. The van der Waals surface area contributed by atoms with Crippen LogP contribution in [0.2, 0.25) is 0 Å². The van der Waals surface area contributed by atoms with Gasteiger partial charge in [0.25, 0.3) is 0 Å². The van der Waals surface area contributed by atoms with Crippen molar-refractivity contribution < 1.29 is 19.1 Å². The number of carbonyl (C=O) groups excluding carboxylic acids is 2. The van der Waals surface area contributed by atoms with E-state index < -0.39 is 12.0 Å². The minimum absolute atomic E-state index is 0.241. The third kappa shape index (κ3) is 2.76. The second-order valence-electron chi connectivity index (χ2n) is 6.47. The Hall–Kier alpha value is -2.50. The highest BCUT2D eigenvalue weighted by molar-refractivity contribution is 5.94. The number of esters is 1. The lowest BCUT2D eigenvalue weighted by molar-refractivity contribution is -0.136. The van der Waals surface area contributed by atoms with Gasteiger partial charge in [0.2, 0.25) is 0 Å². The number of hydrogen-bond acceptors (Lipinski definition) is 4. The van der Waals surface area contributed by atoms with E-state index >= 15 is 0 Å². The van der Waals surface area contributed by atoms with Gasteiger partial charge in [-0.2, -0.15) is 0 Å². The molecule has 0 radical (unpaired) electrons. The maximum Gasteiger partial charge on any atom is 0.337 e. The van der Waals surface area contributed by atoms with Gasteiger partial charge in [-0.15, -0.1) is 0 Å². The molecule has 2 aliphatic heterocycles. The van der Waals surface area contributed by atoms with Gasteiger partial charge in [-0.3, -0.25) is 0 Å². The Balaban J connectivity index is 2.02. The number of ether oxygens (including phenoxy) is 2. The summed E-state index contributed by atoms with van der Waals surface area (Å²) in [7, 11) is 1.33. The van der Waals surface area contributed by atoms with Crippen molar-refractivity contribution in [2.75, 3.05) is 7.11 Å². The normalized spacial score (nSPS) is 21.9. The Morgan fingerprint density at radius 3 is 2.83 bits per heavy atom. The molecule has 0 aliphatic carbocycles. The van der Waals surface area contributed by atoms with Gasteiger partial charge < -0.3 is 20.1 Å². The molecule has 0 saturated heterocycles. The van der Waals surface area contributed by atoms with Crippen LogP contribution in [0.1, 0.15) is 37.9 Å². The van der Waals surface area contributed by atoms with Crippen LogP contribution in [-0.2, 0) is 16.0 Å². The van der Waals surface area contributed by atoms with Gasteiger partial charge in [0.1, 0.15) is 11.4 Å². The van der Waals surface area contributed by atoms with Gasteiger partial charge in [-0.05, 0) is 44.0 Å². The minimum atomic E-state index is -0.537. The lowest BCUT2D eigenvalue weighted by Gasteiger charge is -2.28. The molecule has 2 N–H and O–H groups in total. The van der Waals surface area contributed by atoms with Crippen molar-refractivity contribution in [3.8, 4) is 5.75 Å². The van der Waals surface area contributed by atoms with E-state index in [2.05, 4.69) is 10.6 Å². The number of urea groups is 1. The first-order valence-electron chi connectivity index (χ1n) is 7.49. The average molecular weight is 316 g/mol. The molecule has 23 heavy (non-hydrogen) atoms. The highest BCUT2D eigenvalue weighted by atomic mass is 16.5. The molecular formula is C17H20N2O4. The zero-order valence-corrected chi connectivity index (χ0v) is 13.6. The van der Waals surface area contributed by atoms with Gasteiger partial charge in [0, 0.05) is 12.1 Å². The summed E-state index contributed by atoms with van der Waals surface area (Å²) in [5.74, 6) is 0.386. The summed E-state index contributed by atoms with van der Waals surface area (Å²) in [4.78, 5) is 23.9. The highest BCUT2D eigenvalue weighted by Crippen LogP contribution is 2.37. The molecule has 2 amide bonds. The van der Waals surface area contributed by atoms with Crippen LogP contribution in [0.4, 0.5) is 4.79 Å². The largest absolute Gasteiger partial charge is 0.487 e. The fourth-order valence-corrected chi connectivity index (χ4v) is 3.13. The number of rotatable bonds is 2. The molecule has 0 unspecified atom stereocenters. The molecule has 1 aromatic rings. The standard InChI is InChI=1S/C17H20N2O4/c1-9-13(15(20)22-4)14(19-16(21)18-9)10-5-6-12-11(7-10)8-17(2,3)23-12/h5-7,14H,8H2,1-4H3,(H2,18,19,21)/t14-/m1/s1. The molecular weight excluding hydrogens is 296 g/mol. The van der Waals surface area contributed by atoms with Crippen LogP contribution >= 0.6 is 0 Å². The number of nitrogens with one attached hydrogen (secondary N) is 2. The van der Waals surface area contributed by atoms with E-state index in [0.717, 1.165) is 23.3 Å². The highest BCUT2D eigenvalue weighted by Gasteiger charge is 2.34. The predicted molar refractivity (Wildman–Crippen MR) is 84.0 cm³/mol. The first-order valence-corrected chi connectivity index (χ1v) is 7.49. The Labute approximate surface area is 134 Å². The lowest BCUT2D eigenvalue weighted by Crippen LogP contribution is -2.45. The van der Waals surface area contributed by atoms with Crippen molar-refractivity contribution in [2.45, 2.75) is 38.8 Å². The number of allylic oxidation sites excluding steroid dienone is 1. The molecule has 0 fully saturated rings. The third-order valence-electron chi connectivity index (χ3n) is 4.09. The summed E-state index contributed by atoms with van der Waals surface area (Å²) in [6.07, 6.45) is 0.783. The van der Waals surface area contributed by atoms with Gasteiger partial charge in [0.05, 0.1) is 18.7 Å². The number of amides is 2. The topological polar surface area (TPSA) is 76.7 Å². The monoisotopic (exact) mass is 316 g/mol. The molecule has 3 rings (SSSR count). The summed E-state index contributed by atoms with van der Waals surface area (Å²) in [6, 6.07) is 4.86. The maximum absolute atomic E-state index is 12.1. The first kappa shape index (κ1) is 15.4. The van der Waals surface area contributed by atoms with Crippen molar-refractivity contribution in [3.05, 3.63) is 40.6 Å². The molecule has 122 valence electrons. The molecule has 0 spiro atoms. The van der Waals surface area contributed by atoms with Crippen molar-refractivity contribution in [2.24, 2.45) is 0 Å². The van der Waals surface area contributed by atoms with E-state index in [4.69, 9.17) is 9.47 Å². The second kappa shape index (κ2) is 5.30. The summed E-state index contributed by atoms with van der Waals surface area (Å²) in [5, 5.41) is 5.40. The van der Waals surface area contributed by atoms with Gasteiger partial charge >= 0.3 is 12.0 Å². The van der Waals surface area contributed by atoms with Crippen LogP contribution in [0.25, 0.3) is 0 Å². The van der Waals surface area contributed by atoms with E-state index in [9.17, 15) is 9.59 Å². The van der Waals surface area contributed by atoms with Gasteiger partial charge in [0.15, 0.2) is 0 Å². The molecule has 6 heteroatoms. The first-order chi connectivity index (χ1) is 10.8. The number of fused-ring (bicyclic) bond motifs is 1. The molecule has 0 saturated carbocycles. The van der Waals surface area contributed by atoms with E-state index in [0.29, 0.717) is 11.3 Å². The molecule has 0 aromatic heterocycles. The molecule has 2 aliphatic rings. The Morgan fingerprint density at radius 1 is 1.39 bits per heavy atom. The van der Waals surface area contributed by atoms with Crippen LogP contribution in [0.15, 0.2) is 29.5 Å². The Morgan fingerprint density at radius 2 is 2.13 bits per heavy atom. The molecule has 6 nitrogen and oxygen atoms in total. The molecule has 1 aromatic carbocycles. The summed E-state index contributed by atoms with van der Waals surface area (Å²) in [5.41, 5.74) is 2.57. The predicted octanol–water partition coefficient (Wildman–Crippen LogP) is 2.20. The molecule has 0 bridgehead atoms. The van der Waals surface area contributed by atoms with Crippen LogP contribution in [-0.4, -0.2) is 24.7 Å². The average Bonchev–Trinajstić information content (AvgIpc) is 2.78. The fourth-order valence-electron chi connectivity index (χ4n) is 3.13. The van der Waals surface area contributed by atoms with Crippen molar-refractivity contribution >= 4 is 12.0 Å². The molecule has 2 heterocycles. The zero-order chi connectivity index (χ0) is 16.8. The number of carbonyl (C=O) groups is 2. The van der Waals surface area contributed by atoms with Crippen LogP contribution in [0, 0.1) is 0 Å². The summed E-state index contributed by atoms with van der Waals surface area (Å²) in [6.45, 7) is 5.75. The Bertz CT molecular complexity index is 721. The van der Waals surface area contributed by atoms with Crippen LogP contribution < -0.4 is 15.4 Å². The third-order valence-corrected chi connectivity index (χ3v) is 4.09. The number of benzene rings is 1. The Kier molecular flexibility index (Phi) is 3.55. The minimum Gasteiger partial charge on any atom is -0.487 e. The van der Waals surface area contributed by atoms with Crippen molar-refractivity contribution in [3.63, 3.8) is 0 Å². The van der Waals surface area contributed by atoms with Crippen LogP contribution in [0.5, 0.6) is 5.75 Å². The summed E-state index contributed by atoms with van der Waals surface area (Å²) < 4.78 is 10.7. The molecule has 1 atom stereocenters. The smallest absolute Gasteiger partial charge is 0.337 e. The van der Waals surface area contributed by atoms with E-state index in [1.807, 2.05) is 32.0 Å². The van der Waals surface area contributed by atoms with E-state index in [1.54, 1.807) is 6.92 Å². The fraction of sp³-hybridized carbons (Fsp3) is 0.412. The van der Waals surface area contributed by atoms with E-state index in [-0.39, 0.29) is 11.6 Å². The second-order valence-corrected chi connectivity index (χ2v) is 6.47. The van der Waals surface area contributed by atoms with E-state index in [1.165, 1.54) is 7.11 Å².